The Hall–Kier alpha value is -2.68. The molecule has 31 heavy (non-hydrogen) atoms. The molecule has 2 aromatic heterocycles. The lowest BCUT2D eigenvalue weighted by Gasteiger charge is -2.06. The Labute approximate surface area is 195 Å². The van der Waals surface area contributed by atoms with Gasteiger partial charge in [-0.25, -0.2) is 4.39 Å². The van der Waals surface area contributed by atoms with Crippen LogP contribution >= 0.6 is 38.9 Å². The molecule has 0 bridgehead atoms. The predicted molar refractivity (Wildman–Crippen MR) is 123 cm³/mol. The summed E-state index contributed by atoms with van der Waals surface area (Å²) < 4.78 is 21.8. The Morgan fingerprint density at radius 1 is 1.23 bits per heavy atom. The fourth-order valence-corrected chi connectivity index (χ4v) is 4.22. The third-order valence-corrected chi connectivity index (χ3v) is 6.22. The minimum Gasteiger partial charge on any atom is -0.487 e. The highest BCUT2D eigenvalue weighted by Crippen LogP contribution is 2.26. The molecule has 2 aromatic carbocycles. The average molecular weight is 521 g/mol. The van der Waals surface area contributed by atoms with Crippen molar-refractivity contribution in [2.24, 2.45) is 0 Å². The standard InChI is InChI=1S/C22H16BrClFN3O2S/c23-16-11-28(10-15-5-1-3-7-18(15)25)27-21(16)26-22(29)20-9-14(13-31-20)12-30-19-8-4-2-6-17(19)24/h1-9,11,13H,10,12H2,(H,26,27,29). The number of benzene rings is 2. The summed E-state index contributed by atoms with van der Waals surface area (Å²) in [7, 11) is 0. The van der Waals surface area contributed by atoms with Crippen molar-refractivity contribution in [3.8, 4) is 5.75 Å². The highest BCUT2D eigenvalue weighted by molar-refractivity contribution is 9.10. The molecular weight excluding hydrogens is 505 g/mol. The van der Waals surface area contributed by atoms with Gasteiger partial charge in [0.15, 0.2) is 5.82 Å². The van der Waals surface area contributed by atoms with Gasteiger partial charge in [0.1, 0.15) is 18.2 Å². The summed E-state index contributed by atoms with van der Waals surface area (Å²) in [6.07, 6.45) is 1.69. The third kappa shape index (κ3) is 5.33. The first kappa shape index (κ1) is 21.5. The number of rotatable bonds is 7. The normalized spacial score (nSPS) is 10.8. The number of aromatic nitrogens is 2. The summed E-state index contributed by atoms with van der Waals surface area (Å²) >= 11 is 10.8. The van der Waals surface area contributed by atoms with E-state index in [1.165, 1.54) is 17.4 Å². The van der Waals surface area contributed by atoms with Gasteiger partial charge in [-0.05, 0) is 45.6 Å². The second kappa shape index (κ2) is 9.64. The van der Waals surface area contributed by atoms with E-state index in [0.29, 0.717) is 38.1 Å². The van der Waals surface area contributed by atoms with E-state index in [-0.39, 0.29) is 18.3 Å². The van der Waals surface area contributed by atoms with E-state index in [1.54, 1.807) is 47.3 Å². The number of carbonyl (C=O) groups excluding carboxylic acids is 1. The maximum Gasteiger partial charge on any atom is 0.266 e. The Balaban J connectivity index is 1.39. The fraction of sp³-hybridized carbons (Fsp3) is 0.0909. The van der Waals surface area contributed by atoms with E-state index in [4.69, 9.17) is 16.3 Å². The molecule has 9 heteroatoms. The van der Waals surface area contributed by atoms with Crippen LogP contribution in [0.4, 0.5) is 10.2 Å². The van der Waals surface area contributed by atoms with Crippen LogP contribution in [0, 0.1) is 5.82 Å². The molecule has 2 heterocycles. The van der Waals surface area contributed by atoms with E-state index in [0.717, 1.165) is 5.56 Å². The first-order valence-corrected chi connectivity index (χ1v) is 11.3. The monoisotopic (exact) mass is 519 g/mol. The quantitative estimate of drug-likeness (QED) is 0.308. The zero-order valence-corrected chi connectivity index (χ0v) is 19.2. The van der Waals surface area contributed by atoms with Crippen LogP contribution in [0.1, 0.15) is 20.8 Å². The number of nitrogens with one attached hydrogen (secondary N) is 1. The summed E-state index contributed by atoms with van der Waals surface area (Å²) in [5.74, 6) is 0.366. The number of hydrogen-bond donors (Lipinski definition) is 1. The lowest BCUT2D eigenvalue weighted by Crippen LogP contribution is -2.12. The third-order valence-electron chi connectivity index (χ3n) is 4.35. The molecule has 0 radical (unpaired) electrons. The largest absolute Gasteiger partial charge is 0.487 e. The van der Waals surface area contributed by atoms with Crippen LogP contribution < -0.4 is 10.1 Å². The van der Waals surface area contributed by atoms with E-state index in [1.807, 2.05) is 17.5 Å². The van der Waals surface area contributed by atoms with Crippen molar-refractivity contribution in [2.45, 2.75) is 13.2 Å². The van der Waals surface area contributed by atoms with Crippen molar-refractivity contribution >= 4 is 50.6 Å². The van der Waals surface area contributed by atoms with Crippen LogP contribution in [0.15, 0.2) is 70.6 Å². The van der Waals surface area contributed by atoms with Gasteiger partial charge in [0.2, 0.25) is 0 Å². The Bertz CT molecular complexity index is 1230. The summed E-state index contributed by atoms with van der Waals surface area (Å²) in [6, 6.07) is 15.5. The zero-order valence-electron chi connectivity index (χ0n) is 16.0. The molecule has 0 aliphatic carbocycles. The molecule has 0 aliphatic heterocycles. The van der Waals surface area contributed by atoms with E-state index < -0.39 is 0 Å². The van der Waals surface area contributed by atoms with Gasteiger partial charge in [0.05, 0.1) is 20.9 Å². The SMILES string of the molecule is O=C(Nc1nn(Cc2ccccc2F)cc1Br)c1cc(COc2ccccc2Cl)cs1. The molecule has 5 nitrogen and oxygen atoms in total. The van der Waals surface area contributed by atoms with Crippen molar-refractivity contribution in [3.63, 3.8) is 0 Å². The molecule has 1 N–H and O–H groups in total. The fourth-order valence-electron chi connectivity index (χ4n) is 2.83. The highest BCUT2D eigenvalue weighted by Gasteiger charge is 2.15. The van der Waals surface area contributed by atoms with Crippen LogP contribution in [0.3, 0.4) is 0 Å². The summed E-state index contributed by atoms with van der Waals surface area (Å²) in [5.41, 5.74) is 1.37. The molecule has 0 saturated heterocycles. The van der Waals surface area contributed by atoms with Gasteiger partial charge in [0.25, 0.3) is 5.91 Å². The van der Waals surface area contributed by atoms with Crippen LogP contribution in [-0.2, 0) is 13.2 Å². The Morgan fingerprint density at radius 2 is 2.00 bits per heavy atom. The molecule has 0 fully saturated rings. The van der Waals surface area contributed by atoms with E-state index >= 15 is 0 Å². The number of anilines is 1. The Morgan fingerprint density at radius 3 is 2.81 bits per heavy atom. The van der Waals surface area contributed by atoms with Crippen LogP contribution in [0.25, 0.3) is 0 Å². The maximum absolute atomic E-state index is 13.9. The molecule has 1 amide bonds. The molecule has 158 valence electrons. The summed E-state index contributed by atoms with van der Waals surface area (Å²) in [5, 5.41) is 9.51. The molecule has 0 spiro atoms. The van der Waals surface area contributed by atoms with Crippen LogP contribution in [-0.4, -0.2) is 15.7 Å². The second-order valence-corrected chi connectivity index (χ2v) is 8.78. The van der Waals surface area contributed by atoms with Crippen molar-refractivity contribution in [2.75, 3.05) is 5.32 Å². The highest BCUT2D eigenvalue weighted by atomic mass is 79.9. The molecule has 0 aliphatic rings. The number of thiophene rings is 1. The van der Waals surface area contributed by atoms with Crippen LogP contribution in [0.5, 0.6) is 5.75 Å². The maximum atomic E-state index is 13.9. The Kier molecular flexibility index (Phi) is 6.70. The molecule has 4 aromatic rings. The minimum atomic E-state index is -0.301. The molecular formula is C22H16BrClFN3O2S. The number of halogens is 3. The van der Waals surface area contributed by atoms with Gasteiger partial charge >= 0.3 is 0 Å². The van der Waals surface area contributed by atoms with Gasteiger partial charge in [0, 0.05) is 17.3 Å². The summed E-state index contributed by atoms with van der Waals surface area (Å²) in [6.45, 7) is 0.554. The van der Waals surface area contributed by atoms with Gasteiger partial charge in [-0.1, -0.05) is 41.9 Å². The van der Waals surface area contributed by atoms with Gasteiger partial charge < -0.3 is 10.1 Å². The van der Waals surface area contributed by atoms with Gasteiger partial charge in [-0.15, -0.1) is 11.3 Å². The molecule has 0 atom stereocenters. The van der Waals surface area contributed by atoms with Crippen molar-refractivity contribution < 1.29 is 13.9 Å². The lowest BCUT2D eigenvalue weighted by molar-refractivity contribution is 0.103. The smallest absolute Gasteiger partial charge is 0.266 e. The first-order chi connectivity index (χ1) is 15.0. The van der Waals surface area contributed by atoms with E-state index in [2.05, 4.69) is 26.3 Å². The molecule has 0 saturated carbocycles. The topological polar surface area (TPSA) is 56.2 Å². The van der Waals surface area contributed by atoms with E-state index in [9.17, 15) is 9.18 Å². The van der Waals surface area contributed by atoms with Gasteiger partial charge in [-0.3, -0.25) is 9.48 Å². The zero-order chi connectivity index (χ0) is 21.8. The number of hydrogen-bond acceptors (Lipinski definition) is 4. The first-order valence-electron chi connectivity index (χ1n) is 9.22. The van der Waals surface area contributed by atoms with Crippen molar-refractivity contribution in [3.05, 3.63) is 97.5 Å². The van der Waals surface area contributed by atoms with Crippen molar-refractivity contribution in [1.82, 2.24) is 9.78 Å². The minimum absolute atomic E-state index is 0.254. The number of nitrogens with zero attached hydrogens (tertiary/aromatic N) is 2. The lowest BCUT2D eigenvalue weighted by atomic mass is 10.2. The number of amides is 1. The molecule has 4 rings (SSSR count). The molecule has 0 unspecified atom stereocenters. The van der Waals surface area contributed by atoms with Crippen molar-refractivity contribution in [1.29, 1.82) is 0 Å². The number of carbonyl (C=O) groups is 1. The summed E-state index contributed by atoms with van der Waals surface area (Å²) in [4.78, 5) is 13.2. The van der Waals surface area contributed by atoms with Crippen LogP contribution in [0.2, 0.25) is 5.02 Å². The second-order valence-electron chi connectivity index (χ2n) is 6.61. The number of ether oxygens (including phenoxy) is 1. The number of para-hydroxylation sites is 1. The average Bonchev–Trinajstić information content (AvgIpc) is 3.36. The predicted octanol–water partition coefficient (Wildman–Crippen LogP) is 6.38. The van der Waals surface area contributed by atoms with Gasteiger partial charge in [-0.2, -0.15) is 5.10 Å².